The third-order valence-corrected chi connectivity index (χ3v) is 8.05. The van der Waals surface area contributed by atoms with Gasteiger partial charge in [-0.1, -0.05) is 78.4 Å². The highest BCUT2D eigenvalue weighted by atomic mass is 32.2. The smallest absolute Gasteiger partial charge is 0.244 e. The molecule has 4 aromatic rings. The largest absolute Gasteiger partial charge is 0.324 e. The first kappa shape index (κ1) is 21.4. The molecule has 6 heteroatoms. The Hall–Kier alpha value is -3.48. The van der Waals surface area contributed by atoms with Crippen molar-refractivity contribution in [1.82, 2.24) is 4.31 Å². The van der Waals surface area contributed by atoms with E-state index in [9.17, 15) is 13.2 Å². The van der Waals surface area contributed by atoms with Crippen molar-refractivity contribution in [2.75, 3.05) is 5.32 Å². The molecule has 166 valence electrons. The number of carbonyl (C=O) groups excluding carboxylic acids is 1. The molecule has 1 aliphatic rings. The van der Waals surface area contributed by atoms with E-state index in [1.165, 1.54) is 4.31 Å². The van der Waals surface area contributed by atoms with E-state index in [1.54, 1.807) is 24.3 Å². The summed E-state index contributed by atoms with van der Waals surface area (Å²) in [5, 5.41) is 4.93. The summed E-state index contributed by atoms with van der Waals surface area (Å²) in [5.74, 6) is -0.337. The monoisotopic (exact) mass is 456 g/mol. The molecule has 0 aliphatic carbocycles. The van der Waals surface area contributed by atoms with Crippen LogP contribution in [0, 0.1) is 6.92 Å². The molecule has 0 aromatic heterocycles. The van der Waals surface area contributed by atoms with Crippen LogP contribution in [0.5, 0.6) is 0 Å². The molecular formula is C27H24N2O3S. The molecule has 0 radical (unpaired) electrons. The van der Waals surface area contributed by atoms with Crippen LogP contribution in [-0.4, -0.2) is 24.7 Å². The van der Waals surface area contributed by atoms with E-state index in [-0.39, 0.29) is 17.3 Å². The summed E-state index contributed by atoms with van der Waals surface area (Å²) in [6, 6.07) is 27.1. The van der Waals surface area contributed by atoms with Crippen LogP contribution in [0.3, 0.4) is 0 Å². The van der Waals surface area contributed by atoms with E-state index in [4.69, 9.17) is 0 Å². The highest BCUT2D eigenvalue weighted by Crippen LogP contribution is 2.31. The first-order chi connectivity index (χ1) is 15.9. The maximum atomic E-state index is 13.6. The molecule has 0 saturated heterocycles. The van der Waals surface area contributed by atoms with E-state index in [2.05, 4.69) is 5.32 Å². The molecule has 33 heavy (non-hydrogen) atoms. The highest BCUT2D eigenvalue weighted by Gasteiger charge is 2.39. The summed E-state index contributed by atoms with van der Waals surface area (Å²) in [6.45, 7) is 2.06. The number of nitrogens with zero attached hydrogens (tertiary/aromatic N) is 1. The molecule has 1 amide bonds. The maximum Gasteiger partial charge on any atom is 0.244 e. The normalized spacial score (nSPS) is 16.3. The molecule has 5 rings (SSSR count). The Morgan fingerprint density at radius 2 is 1.52 bits per heavy atom. The lowest BCUT2D eigenvalue weighted by Crippen LogP contribution is -2.50. The Kier molecular flexibility index (Phi) is 5.48. The van der Waals surface area contributed by atoms with Gasteiger partial charge in [0.05, 0.1) is 4.90 Å². The minimum Gasteiger partial charge on any atom is -0.324 e. The first-order valence-electron chi connectivity index (χ1n) is 10.9. The number of rotatable bonds is 4. The molecule has 0 bridgehead atoms. The van der Waals surface area contributed by atoms with Crippen molar-refractivity contribution in [3.8, 4) is 0 Å². The lowest BCUT2D eigenvalue weighted by Gasteiger charge is -2.35. The number of sulfonamides is 1. The third kappa shape index (κ3) is 4.03. The molecule has 0 saturated carbocycles. The van der Waals surface area contributed by atoms with Crippen molar-refractivity contribution in [3.63, 3.8) is 0 Å². The number of benzene rings is 4. The quantitative estimate of drug-likeness (QED) is 0.475. The van der Waals surface area contributed by atoms with Gasteiger partial charge in [-0.3, -0.25) is 4.79 Å². The van der Waals surface area contributed by atoms with Gasteiger partial charge in [-0.2, -0.15) is 4.31 Å². The van der Waals surface area contributed by atoms with Crippen LogP contribution in [0.15, 0.2) is 95.9 Å². The van der Waals surface area contributed by atoms with Crippen LogP contribution >= 0.6 is 0 Å². The van der Waals surface area contributed by atoms with Gasteiger partial charge in [0.25, 0.3) is 0 Å². The molecule has 5 nitrogen and oxygen atoms in total. The van der Waals surface area contributed by atoms with Gasteiger partial charge < -0.3 is 5.32 Å². The average Bonchev–Trinajstić information content (AvgIpc) is 2.83. The SMILES string of the molecule is Cc1ccc(S(=O)(=O)N2Cc3ccccc3C[C@H]2C(=O)Nc2cccc3ccccc23)cc1. The van der Waals surface area contributed by atoms with Crippen molar-refractivity contribution in [1.29, 1.82) is 0 Å². The fourth-order valence-corrected chi connectivity index (χ4v) is 5.94. The number of hydrogen-bond acceptors (Lipinski definition) is 3. The lowest BCUT2D eigenvalue weighted by molar-refractivity contribution is -0.120. The minimum atomic E-state index is -3.88. The second-order valence-electron chi connectivity index (χ2n) is 8.37. The van der Waals surface area contributed by atoms with Crippen LogP contribution in [0.25, 0.3) is 10.8 Å². The van der Waals surface area contributed by atoms with Crippen molar-refractivity contribution < 1.29 is 13.2 Å². The predicted octanol–water partition coefficient (Wildman–Crippen LogP) is 4.90. The Morgan fingerprint density at radius 1 is 0.848 bits per heavy atom. The number of hydrogen-bond donors (Lipinski definition) is 1. The van der Waals surface area contributed by atoms with E-state index in [1.807, 2.05) is 73.7 Å². The third-order valence-electron chi connectivity index (χ3n) is 6.18. The predicted molar refractivity (Wildman–Crippen MR) is 130 cm³/mol. The fraction of sp³-hybridized carbons (Fsp3) is 0.148. The van der Waals surface area contributed by atoms with Gasteiger partial charge in [0.15, 0.2) is 0 Å². The first-order valence-corrected chi connectivity index (χ1v) is 12.3. The molecule has 0 spiro atoms. The van der Waals surface area contributed by atoms with Crippen LogP contribution in [-0.2, 0) is 27.8 Å². The summed E-state index contributed by atoms with van der Waals surface area (Å²) in [4.78, 5) is 13.7. The number of carbonyl (C=O) groups is 1. The van der Waals surface area contributed by atoms with Crippen LogP contribution in [0.2, 0.25) is 0 Å². The van der Waals surface area contributed by atoms with Crippen molar-refractivity contribution in [2.24, 2.45) is 0 Å². The number of aryl methyl sites for hydroxylation is 1. The Morgan fingerprint density at radius 3 is 2.30 bits per heavy atom. The van der Waals surface area contributed by atoms with Gasteiger partial charge in [0.1, 0.15) is 6.04 Å². The number of anilines is 1. The molecule has 1 heterocycles. The minimum absolute atomic E-state index is 0.153. The van der Waals surface area contributed by atoms with E-state index < -0.39 is 16.1 Å². The molecule has 1 N–H and O–H groups in total. The molecule has 0 unspecified atom stereocenters. The number of nitrogens with one attached hydrogen (secondary N) is 1. The molecule has 0 fully saturated rings. The van der Waals surface area contributed by atoms with Gasteiger partial charge >= 0.3 is 0 Å². The fourth-order valence-electron chi connectivity index (χ4n) is 4.37. The maximum absolute atomic E-state index is 13.6. The Labute approximate surface area is 193 Å². The van der Waals surface area contributed by atoms with Crippen molar-refractivity contribution >= 4 is 32.4 Å². The van der Waals surface area contributed by atoms with Gasteiger partial charge in [0, 0.05) is 17.6 Å². The van der Waals surface area contributed by atoms with E-state index in [0.29, 0.717) is 12.1 Å². The van der Waals surface area contributed by atoms with E-state index >= 15 is 0 Å². The second kappa shape index (κ2) is 8.46. The van der Waals surface area contributed by atoms with Gasteiger partial charge in [-0.05, 0) is 48.1 Å². The average molecular weight is 457 g/mol. The molecule has 1 aliphatic heterocycles. The Balaban J connectivity index is 1.54. The lowest BCUT2D eigenvalue weighted by atomic mass is 9.95. The number of fused-ring (bicyclic) bond motifs is 2. The number of amides is 1. The zero-order valence-corrected chi connectivity index (χ0v) is 19.0. The van der Waals surface area contributed by atoms with Crippen LogP contribution < -0.4 is 5.32 Å². The van der Waals surface area contributed by atoms with Gasteiger partial charge in [-0.25, -0.2) is 8.42 Å². The summed E-state index contributed by atoms with van der Waals surface area (Å²) in [5.41, 5.74) is 3.56. The topological polar surface area (TPSA) is 66.5 Å². The van der Waals surface area contributed by atoms with Crippen molar-refractivity contribution in [2.45, 2.75) is 30.8 Å². The van der Waals surface area contributed by atoms with Crippen LogP contribution in [0.1, 0.15) is 16.7 Å². The standard InChI is InChI=1S/C27H24N2O3S/c1-19-13-15-23(16-14-19)33(31,32)29-18-22-9-3-2-8-21(22)17-26(29)27(30)28-25-12-6-10-20-7-4-5-11-24(20)25/h2-16,26H,17-18H2,1H3,(H,28,30)/t26-/m0/s1. The Bertz CT molecular complexity index is 1440. The van der Waals surface area contributed by atoms with Crippen LogP contribution in [0.4, 0.5) is 5.69 Å². The highest BCUT2D eigenvalue weighted by molar-refractivity contribution is 7.89. The van der Waals surface area contributed by atoms with Gasteiger partial charge in [-0.15, -0.1) is 0 Å². The van der Waals surface area contributed by atoms with Crippen molar-refractivity contribution in [3.05, 3.63) is 108 Å². The zero-order valence-electron chi connectivity index (χ0n) is 18.2. The summed E-state index contributed by atoms with van der Waals surface area (Å²) in [7, 11) is -3.88. The molecule has 1 atom stereocenters. The molecular weight excluding hydrogens is 432 g/mol. The van der Waals surface area contributed by atoms with Gasteiger partial charge in [0.2, 0.25) is 15.9 Å². The zero-order chi connectivity index (χ0) is 23.0. The molecule has 4 aromatic carbocycles. The summed E-state index contributed by atoms with van der Waals surface area (Å²) in [6.07, 6.45) is 0.317. The summed E-state index contributed by atoms with van der Waals surface area (Å²) >= 11 is 0. The van der Waals surface area contributed by atoms with E-state index in [0.717, 1.165) is 27.5 Å². The second-order valence-corrected chi connectivity index (χ2v) is 10.3. The summed E-state index contributed by atoms with van der Waals surface area (Å²) < 4.78 is 28.6.